The molecule has 0 bridgehead atoms. The maximum atomic E-state index is 11.9. The Bertz CT molecular complexity index is 780. The standard InChI is InChI=1S/C14H9NO2S/c16-11-7-3-1-5-9(11)14-15-13(17)10-6-2-4-8-12(10)18-14/h1-8,16H. The fraction of sp³-hybridized carbons (Fsp3) is 0. The van der Waals surface area contributed by atoms with Crippen molar-refractivity contribution in [3.05, 3.63) is 58.9 Å². The molecular formula is C14H9NO2S. The van der Waals surface area contributed by atoms with Crippen LogP contribution in [0.1, 0.15) is 0 Å². The van der Waals surface area contributed by atoms with Gasteiger partial charge in [-0.2, -0.15) is 4.98 Å². The van der Waals surface area contributed by atoms with Gasteiger partial charge in [0.1, 0.15) is 10.8 Å². The van der Waals surface area contributed by atoms with E-state index in [0.29, 0.717) is 16.0 Å². The Labute approximate surface area is 107 Å². The van der Waals surface area contributed by atoms with Crippen molar-refractivity contribution in [3.63, 3.8) is 0 Å². The summed E-state index contributed by atoms with van der Waals surface area (Å²) in [6.07, 6.45) is 0. The van der Waals surface area contributed by atoms with Crippen LogP contribution >= 0.6 is 11.3 Å². The summed E-state index contributed by atoms with van der Waals surface area (Å²) in [7, 11) is 0. The lowest BCUT2D eigenvalue weighted by Crippen LogP contribution is -2.05. The molecule has 0 saturated carbocycles. The topological polar surface area (TPSA) is 50.2 Å². The normalized spacial score (nSPS) is 10.7. The van der Waals surface area contributed by atoms with Crippen LogP contribution in [0.4, 0.5) is 0 Å². The molecule has 0 fully saturated rings. The van der Waals surface area contributed by atoms with Gasteiger partial charge in [-0.15, -0.1) is 11.3 Å². The number of hydrogen-bond acceptors (Lipinski definition) is 4. The molecule has 1 aromatic heterocycles. The summed E-state index contributed by atoms with van der Waals surface area (Å²) in [6.45, 7) is 0. The van der Waals surface area contributed by atoms with Crippen molar-refractivity contribution in [2.24, 2.45) is 0 Å². The highest BCUT2D eigenvalue weighted by Gasteiger charge is 2.09. The number of benzene rings is 2. The third-order valence-electron chi connectivity index (χ3n) is 2.66. The highest BCUT2D eigenvalue weighted by molar-refractivity contribution is 7.21. The van der Waals surface area contributed by atoms with Crippen molar-refractivity contribution in [1.82, 2.24) is 4.98 Å². The Morgan fingerprint density at radius 2 is 1.72 bits per heavy atom. The van der Waals surface area contributed by atoms with Gasteiger partial charge in [0.15, 0.2) is 0 Å². The average molecular weight is 255 g/mol. The maximum Gasteiger partial charge on any atom is 0.279 e. The van der Waals surface area contributed by atoms with E-state index >= 15 is 0 Å². The molecule has 0 radical (unpaired) electrons. The first-order valence-corrected chi connectivity index (χ1v) is 6.25. The molecule has 3 aromatic rings. The molecular weight excluding hydrogens is 246 g/mol. The molecule has 88 valence electrons. The SMILES string of the molecule is O=c1nc(-c2ccccc2O)sc2ccccc12. The summed E-state index contributed by atoms with van der Waals surface area (Å²) in [6, 6.07) is 14.2. The summed E-state index contributed by atoms with van der Waals surface area (Å²) in [5.74, 6) is 0.135. The Morgan fingerprint density at radius 3 is 2.56 bits per heavy atom. The monoisotopic (exact) mass is 255 g/mol. The average Bonchev–Trinajstić information content (AvgIpc) is 2.39. The third-order valence-corrected chi connectivity index (χ3v) is 3.74. The summed E-state index contributed by atoms with van der Waals surface area (Å²) in [5, 5.41) is 10.9. The molecule has 18 heavy (non-hydrogen) atoms. The Morgan fingerprint density at radius 1 is 1.00 bits per heavy atom. The van der Waals surface area contributed by atoms with Crippen molar-refractivity contribution in [1.29, 1.82) is 0 Å². The second-order valence-electron chi connectivity index (χ2n) is 3.84. The molecule has 1 N–H and O–H groups in total. The summed E-state index contributed by atoms with van der Waals surface area (Å²) >= 11 is 1.40. The summed E-state index contributed by atoms with van der Waals surface area (Å²) < 4.78 is 0.871. The van der Waals surface area contributed by atoms with Crippen LogP contribution in [-0.2, 0) is 0 Å². The van der Waals surface area contributed by atoms with E-state index in [-0.39, 0.29) is 11.3 Å². The molecule has 0 unspecified atom stereocenters. The van der Waals surface area contributed by atoms with Gasteiger partial charge in [-0.3, -0.25) is 4.79 Å². The van der Waals surface area contributed by atoms with Crippen LogP contribution in [0.15, 0.2) is 53.3 Å². The molecule has 3 rings (SSSR count). The molecule has 2 aromatic carbocycles. The van der Waals surface area contributed by atoms with E-state index in [2.05, 4.69) is 4.98 Å². The lowest BCUT2D eigenvalue weighted by atomic mass is 10.2. The number of rotatable bonds is 1. The van der Waals surface area contributed by atoms with Gasteiger partial charge in [0, 0.05) is 4.70 Å². The predicted octanol–water partition coefficient (Wildman–Crippen LogP) is 3.03. The zero-order chi connectivity index (χ0) is 12.5. The molecule has 0 aliphatic heterocycles. The number of para-hydroxylation sites is 1. The summed E-state index contributed by atoms with van der Waals surface area (Å²) in [4.78, 5) is 15.9. The van der Waals surface area contributed by atoms with Gasteiger partial charge >= 0.3 is 0 Å². The van der Waals surface area contributed by atoms with Crippen LogP contribution in [0.2, 0.25) is 0 Å². The lowest BCUT2D eigenvalue weighted by Gasteiger charge is -2.03. The van der Waals surface area contributed by atoms with E-state index in [1.54, 1.807) is 24.3 Å². The minimum absolute atomic E-state index is 0.135. The number of fused-ring (bicyclic) bond motifs is 1. The smallest absolute Gasteiger partial charge is 0.279 e. The number of nitrogens with zero attached hydrogens (tertiary/aromatic N) is 1. The molecule has 1 heterocycles. The van der Waals surface area contributed by atoms with Crippen LogP contribution in [-0.4, -0.2) is 10.1 Å². The van der Waals surface area contributed by atoms with Gasteiger partial charge < -0.3 is 5.11 Å². The Balaban J connectivity index is 2.32. The first-order valence-electron chi connectivity index (χ1n) is 5.44. The van der Waals surface area contributed by atoms with Crippen molar-refractivity contribution < 1.29 is 5.11 Å². The molecule has 0 atom stereocenters. The maximum absolute atomic E-state index is 11.9. The van der Waals surface area contributed by atoms with Crippen molar-refractivity contribution in [3.8, 4) is 16.3 Å². The van der Waals surface area contributed by atoms with E-state index < -0.39 is 0 Å². The molecule has 0 spiro atoms. The van der Waals surface area contributed by atoms with Crippen LogP contribution in [0, 0.1) is 0 Å². The fourth-order valence-corrected chi connectivity index (χ4v) is 2.81. The Kier molecular flexibility index (Phi) is 2.57. The quantitative estimate of drug-likeness (QED) is 0.727. The molecule has 0 aliphatic carbocycles. The number of phenols is 1. The van der Waals surface area contributed by atoms with Crippen molar-refractivity contribution in [2.75, 3.05) is 0 Å². The predicted molar refractivity (Wildman–Crippen MR) is 73.0 cm³/mol. The zero-order valence-electron chi connectivity index (χ0n) is 9.33. The second-order valence-corrected chi connectivity index (χ2v) is 4.87. The molecule has 3 nitrogen and oxygen atoms in total. The van der Waals surface area contributed by atoms with Gasteiger partial charge in [0.2, 0.25) is 0 Å². The van der Waals surface area contributed by atoms with Crippen LogP contribution in [0.3, 0.4) is 0 Å². The lowest BCUT2D eigenvalue weighted by molar-refractivity contribution is 0.477. The number of hydrogen-bond donors (Lipinski definition) is 1. The Hall–Kier alpha value is -2.20. The number of phenolic OH excluding ortho intramolecular Hbond substituents is 1. The number of aromatic nitrogens is 1. The second kappa shape index (κ2) is 4.23. The van der Waals surface area contributed by atoms with Crippen molar-refractivity contribution in [2.45, 2.75) is 0 Å². The first-order chi connectivity index (χ1) is 8.75. The largest absolute Gasteiger partial charge is 0.507 e. The van der Waals surface area contributed by atoms with E-state index in [9.17, 15) is 9.90 Å². The molecule has 0 saturated heterocycles. The van der Waals surface area contributed by atoms with E-state index in [1.807, 2.05) is 24.3 Å². The van der Waals surface area contributed by atoms with Gasteiger partial charge in [-0.05, 0) is 24.3 Å². The van der Waals surface area contributed by atoms with Crippen LogP contribution in [0.25, 0.3) is 20.7 Å². The number of aromatic hydroxyl groups is 1. The molecule has 4 heteroatoms. The van der Waals surface area contributed by atoms with Gasteiger partial charge in [0.25, 0.3) is 5.56 Å². The minimum Gasteiger partial charge on any atom is -0.507 e. The molecule has 0 aliphatic rings. The van der Waals surface area contributed by atoms with E-state index in [1.165, 1.54) is 11.3 Å². The minimum atomic E-state index is -0.261. The highest BCUT2D eigenvalue weighted by Crippen LogP contribution is 2.31. The highest BCUT2D eigenvalue weighted by atomic mass is 32.1. The zero-order valence-corrected chi connectivity index (χ0v) is 10.1. The van der Waals surface area contributed by atoms with Crippen LogP contribution < -0.4 is 5.56 Å². The fourth-order valence-electron chi connectivity index (χ4n) is 1.78. The molecule has 0 amide bonds. The third kappa shape index (κ3) is 1.76. The van der Waals surface area contributed by atoms with Crippen LogP contribution in [0.5, 0.6) is 5.75 Å². The van der Waals surface area contributed by atoms with Gasteiger partial charge in [0.05, 0.1) is 10.9 Å². The summed E-state index contributed by atoms with van der Waals surface area (Å²) in [5.41, 5.74) is 0.327. The van der Waals surface area contributed by atoms with Crippen molar-refractivity contribution >= 4 is 21.4 Å². The van der Waals surface area contributed by atoms with Gasteiger partial charge in [-0.1, -0.05) is 24.3 Å². The van der Waals surface area contributed by atoms with E-state index in [4.69, 9.17) is 0 Å². The van der Waals surface area contributed by atoms with E-state index in [0.717, 1.165) is 4.70 Å². The van der Waals surface area contributed by atoms with Gasteiger partial charge in [-0.25, -0.2) is 0 Å². The first kappa shape index (κ1) is 10.9.